The summed E-state index contributed by atoms with van der Waals surface area (Å²) in [4.78, 5) is 0. The molecule has 0 unspecified atom stereocenters. The maximum atomic E-state index is 4.21. The number of benzene rings is 2. The highest BCUT2D eigenvalue weighted by Gasteiger charge is 2.06. The molecule has 0 atom stereocenters. The van der Waals surface area contributed by atoms with E-state index in [0.29, 0.717) is 0 Å². The van der Waals surface area contributed by atoms with Gasteiger partial charge in [0.1, 0.15) is 0 Å². The van der Waals surface area contributed by atoms with Gasteiger partial charge in [-0.1, -0.05) is 55.6 Å². The fourth-order valence-electron chi connectivity index (χ4n) is 2.47. The average molecular weight is 245 g/mol. The highest BCUT2D eigenvalue weighted by Crippen LogP contribution is 2.13. The van der Waals surface area contributed by atoms with E-state index in [1.807, 2.05) is 36.4 Å². The zero-order valence-corrected chi connectivity index (χ0v) is 10.7. The average Bonchev–Trinajstić information content (AvgIpc) is 2.74. The lowest BCUT2D eigenvalue weighted by Crippen LogP contribution is -2.26. The molecule has 2 aromatic carbocycles. The highest BCUT2D eigenvalue weighted by atomic mass is 15.0. The summed E-state index contributed by atoms with van der Waals surface area (Å²) >= 11 is 0. The zero-order chi connectivity index (χ0) is 13.2. The number of nitrogens with zero attached hydrogens (tertiary/aromatic N) is 1. The molecule has 0 radical (unpaired) electrons. The Morgan fingerprint density at radius 2 is 1.58 bits per heavy atom. The van der Waals surface area contributed by atoms with Crippen LogP contribution in [0.2, 0.25) is 0 Å². The van der Waals surface area contributed by atoms with Crippen LogP contribution in [0.25, 0.3) is 29.2 Å². The lowest BCUT2D eigenvalue weighted by Gasteiger charge is -2.05. The maximum Gasteiger partial charge on any atom is 0.0540 e. The van der Waals surface area contributed by atoms with Crippen molar-refractivity contribution in [3.63, 3.8) is 0 Å². The van der Waals surface area contributed by atoms with Crippen LogP contribution >= 0.6 is 0 Å². The summed E-state index contributed by atoms with van der Waals surface area (Å²) in [5, 5.41) is 3.31. The minimum atomic E-state index is 1.04. The molecule has 3 aromatic rings. The molecule has 1 nitrogen and oxygen atoms in total. The van der Waals surface area contributed by atoms with Crippen LogP contribution in [-0.4, -0.2) is 4.57 Å². The lowest BCUT2D eigenvalue weighted by molar-refractivity contribution is 1.07. The van der Waals surface area contributed by atoms with Gasteiger partial charge in [-0.15, -0.1) is 0 Å². The number of allylic oxidation sites excluding steroid dienone is 1. The molecule has 1 aromatic heterocycles. The minimum Gasteiger partial charge on any atom is -0.309 e. The monoisotopic (exact) mass is 245 g/mol. The summed E-state index contributed by atoms with van der Waals surface area (Å²) in [6, 6.07) is 18.7. The molecule has 19 heavy (non-hydrogen) atoms. The second kappa shape index (κ2) is 4.62. The van der Waals surface area contributed by atoms with E-state index in [1.165, 1.54) is 10.9 Å². The molecular weight excluding hydrogens is 230 g/mol. The molecule has 92 valence electrons. The summed E-state index contributed by atoms with van der Waals surface area (Å²) in [5.41, 5.74) is 2.31. The first-order chi connectivity index (χ1) is 9.33. The van der Waals surface area contributed by atoms with Gasteiger partial charge >= 0.3 is 0 Å². The van der Waals surface area contributed by atoms with E-state index < -0.39 is 0 Å². The van der Waals surface area contributed by atoms with Gasteiger partial charge in [-0.25, -0.2) is 0 Å². The summed E-state index contributed by atoms with van der Waals surface area (Å²) in [7, 11) is 0. The van der Waals surface area contributed by atoms with E-state index in [2.05, 4.69) is 48.1 Å². The van der Waals surface area contributed by atoms with Crippen molar-refractivity contribution >= 4 is 23.6 Å². The predicted octanol–water partition coefficient (Wildman–Crippen LogP) is 3.01. The second-order valence-corrected chi connectivity index (χ2v) is 4.45. The Balaban J connectivity index is 2.54. The third kappa shape index (κ3) is 1.80. The topological polar surface area (TPSA) is 4.93 Å². The summed E-state index contributed by atoms with van der Waals surface area (Å²) < 4.78 is 2.22. The van der Waals surface area contributed by atoms with E-state index in [1.54, 1.807) is 0 Å². The highest BCUT2D eigenvalue weighted by molar-refractivity contribution is 5.83. The Hall–Kier alpha value is -2.54. The van der Waals surface area contributed by atoms with E-state index in [-0.39, 0.29) is 0 Å². The van der Waals surface area contributed by atoms with Gasteiger partial charge in [-0.2, -0.15) is 0 Å². The predicted molar refractivity (Wildman–Crippen MR) is 82.7 cm³/mol. The first-order valence-electron chi connectivity index (χ1n) is 6.29. The van der Waals surface area contributed by atoms with E-state index in [9.17, 15) is 0 Å². The number of fused-ring (bicyclic) bond motifs is 1. The van der Waals surface area contributed by atoms with Crippen LogP contribution in [0.15, 0.2) is 67.3 Å². The van der Waals surface area contributed by atoms with E-state index in [4.69, 9.17) is 0 Å². The van der Waals surface area contributed by atoms with Crippen LogP contribution in [0.5, 0.6) is 0 Å². The van der Waals surface area contributed by atoms with Gasteiger partial charge < -0.3 is 4.57 Å². The Morgan fingerprint density at radius 3 is 2.32 bits per heavy atom. The molecule has 0 aliphatic carbocycles. The molecule has 0 amide bonds. The van der Waals surface area contributed by atoms with Crippen molar-refractivity contribution in [3.05, 3.63) is 77.8 Å². The van der Waals surface area contributed by atoms with Crippen LogP contribution in [0.3, 0.4) is 0 Å². The molecular formula is C18H15N. The first kappa shape index (κ1) is 11.5. The fourth-order valence-corrected chi connectivity index (χ4v) is 2.47. The molecule has 0 fully saturated rings. The van der Waals surface area contributed by atoms with Crippen LogP contribution in [-0.2, 0) is 0 Å². The van der Waals surface area contributed by atoms with Crippen LogP contribution in [0.1, 0.15) is 0 Å². The normalized spacial score (nSPS) is 11.9. The van der Waals surface area contributed by atoms with Crippen molar-refractivity contribution in [2.75, 3.05) is 0 Å². The van der Waals surface area contributed by atoms with E-state index in [0.717, 1.165) is 16.3 Å². The van der Waals surface area contributed by atoms with Crippen molar-refractivity contribution < 1.29 is 0 Å². The van der Waals surface area contributed by atoms with Crippen molar-refractivity contribution in [2.45, 2.75) is 0 Å². The van der Waals surface area contributed by atoms with Gasteiger partial charge in [0, 0.05) is 16.3 Å². The standard InChI is InChI=1S/C18H15N/c1-3-9-17-14(2)16-12-7-8-13-18(16)19(17)15-10-5-4-6-11-15/h3-13H,1-2H2/b17-9+. The smallest absolute Gasteiger partial charge is 0.0540 e. The van der Waals surface area contributed by atoms with Gasteiger partial charge in [0.25, 0.3) is 0 Å². The fraction of sp³-hybridized carbons (Fsp3) is 0. The maximum absolute atomic E-state index is 4.21. The Labute approximate surface area is 112 Å². The molecule has 0 N–H and O–H groups in total. The van der Waals surface area contributed by atoms with Crippen molar-refractivity contribution in [3.8, 4) is 5.69 Å². The van der Waals surface area contributed by atoms with Crippen LogP contribution < -0.4 is 10.6 Å². The Kier molecular flexibility index (Phi) is 2.81. The number of aromatic nitrogens is 1. The largest absolute Gasteiger partial charge is 0.309 e. The SMILES string of the molecule is C=C/C=c1\c(=C)c2ccccc2n1-c1ccccc1. The molecule has 0 saturated carbocycles. The van der Waals surface area contributed by atoms with Crippen molar-refractivity contribution in [2.24, 2.45) is 0 Å². The zero-order valence-electron chi connectivity index (χ0n) is 10.7. The second-order valence-electron chi connectivity index (χ2n) is 4.45. The summed E-state index contributed by atoms with van der Waals surface area (Å²) in [5.74, 6) is 0. The third-order valence-electron chi connectivity index (χ3n) is 3.31. The van der Waals surface area contributed by atoms with Gasteiger partial charge in [-0.3, -0.25) is 0 Å². The van der Waals surface area contributed by atoms with Gasteiger partial charge in [0.15, 0.2) is 0 Å². The first-order valence-corrected chi connectivity index (χ1v) is 6.29. The van der Waals surface area contributed by atoms with Crippen LogP contribution in [0.4, 0.5) is 0 Å². The lowest BCUT2D eigenvalue weighted by atomic mass is 10.2. The molecule has 0 aliphatic rings. The third-order valence-corrected chi connectivity index (χ3v) is 3.31. The molecule has 0 aliphatic heterocycles. The van der Waals surface area contributed by atoms with Crippen molar-refractivity contribution in [1.82, 2.24) is 4.57 Å². The van der Waals surface area contributed by atoms with Gasteiger partial charge in [-0.05, 0) is 24.3 Å². The number of hydrogen-bond donors (Lipinski definition) is 0. The van der Waals surface area contributed by atoms with Gasteiger partial charge in [0.05, 0.1) is 10.9 Å². The molecule has 3 rings (SSSR count). The summed E-state index contributed by atoms with van der Waals surface area (Å²) in [6.07, 6.45) is 3.82. The molecule has 1 heteroatoms. The number of para-hydroxylation sites is 2. The number of hydrogen-bond acceptors (Lipinski definition) is 0. The van der Waals surface area contributed by atoms with E-state index >= 15 is 0 Å². The molecule has 0 bridgehead atoms. The minimum absolute atomic E-state index is 1.04. The van der Waals surface area contributed by atoms with Crippen LogP contribution in [0, 0.1) is 0 Å². The summed E-state index contributed by atoms with van der Waals surface area (Å²) in [6.45, 7) is 8.02. The molecule has 0 saturated heterocycles. The van der Waals surface area contributed by atoms with Crippen molar-refractivity contribution in [1.29, 1.82) is 0 Å². The Bertz CT molecular complexity index is 839. The molecule has 0 spiro atoms. The van der Waals surface area contributed by atoms with Gasteiger partial charge in [0.2, 0.25) is 0 Å². The quantitative estimate of drug-likeness (QED) is 0.654. The number of rotatable bonds is 2. The Morgan fingerprint density at radius 1 is 0.895 bits per heavy atom. The molecule has 1 heterocycles.